The number of hydrogen-bond acceptors (Lipinski definition) is 5. The van der Waals surface area contributed by atoms with Gasteiger partial charge in [0.15, 0.2) is 6.10 Å². The molecule has 3 rings (SSSR count). The van der Waals surface area contributed by atoms with Gasteiger partial charge in [-0.05, 0) is 37.3 Å². The van der Waals surface area contributed by atoms with Crippen molar-refractivity contribution >= 4 is 40.7 Å². The van der Waals surface area contributed by atoms with Gasteiger partial charge in [-0.3, -0.25) is 10.1 Å². The Morgan fingerprint density at radius 3 is 2.57 bits per heavy atom. The van der Waals surface area contributed by atoms with Crippen molar-refractivity contribution < 1.29 is 9.53 Å². The van der Waals surface area contributed by atoms with Gasteiger partial charge in [0.1, 0.15) is 5.02 Å². The summed E-state index contributed by atoms with van der Waals surface area (Å²) in [5.41, 5.74) is 6.46. The summed E-state index contributed by atoms with van der Waals surface area (Å²) in [6.45, 7) is 1.61. The van der Waals surface area contributed by atoms with Crippen LogP contribution in [0.1, 0.15) is 6.92 Å². The summed E-state index contributed by atoms with van der Waals surface area (Å²) in [6, 6.07) is 15.8. The molecule has 0 bridgehead atoms. The van der Waals surface area contributed by atoms with Crippen molar-refractivity contribution in [1.29, 1.82) is 0 Å². The van der Waals surface area contributed by atoms with Gasteiger partial charge in [-0.2, -0.15) is 9.78 Å². The van der Waals surface area contributed by atoms with Gasteiger partial charge in [-0.15, -0.1) is 6.42 Å². The van der Waals surface area contributed by atoms with E-state index in [4.69, 9.17) is 40.1 Å². The number of nitrogen functional groups attached to an aromatic ring is 1. The van der Waals surface area contributed by atoms with Crippen molar-refractivity contribution in [2.75, 3.05) is 11.1 Å². The number of nitrogens with two attached hydrogens (primary N) is 1. The zero-order valence-corrected chi connectivity index (χ0v) is 17.4. The normalized spacial score (nSPS) is 10.7. The van der Waals surface area contributed by atoms with Crippen LogP contribution in [0.4, 0.5) is 16.2 Å². The van der Waals surface area contributed by atoms with E-state index in [0.29, 0.717) is 16.4 Å². The topological polar surface area (TPSA) is 99.2 Å². The number of para-hydroxylation sites is 1. The van der Waals surface area contributed by atoms with E-state index < -0.39 is 17.8 Å². The van der Waals surface area contributed by atoms with Crippen LogP contribution < -0.4 is 16.6 Å². The monoisotopic (exact) mass is 444 g/mol. The van der Waals surface area contributed by atoms with E-state index >= 15 is 0 Å². The molecule has 154 valence electrons. The van der Waals surface area contributed by atoms with Crippen LogP contribution in [0, 0.1) is 12.3 Å². The summed E-state index contributed by atoms with van der Waals surface area (Å²) in [6.07, 6.45) is 5.27. The Morgan fingerprint density at radius 1 is 1.23 bits per heavy atom. The van der Waals surface area contributed by atoms with Gasteiger partial charge in [0, 0.05) is 10.7 Å². The molecule has 0 aliphatic rings. The Kier molecular flexibility index (Phi) is 8.29. The zero-order valence-electron chi connectivity index (χ0n) is 15.9. The number of anilines is 2. The van der Waals surface area contributed by atoms with Crippen LogP contribution in [-0.4, -0.2) is 22.0 Å². The molecular weight excluding hydrogens is 427 g/mol. The van der Waals surface area contributed by atoms with Crippen molar-refractivity contribution in [3.05, 3.63) is 81.2 Å². The second-order valence-electron chi connectivity index (χ2n) is 5.82. The fourth-order valence-electron chi connectivity index (χ4n) is 2.11. The largest absolute Gasteiger partial charge is 0.433 e. The van der Waals surface area contributed by atoms with E-state index in [1.165, 1.54) is 10.9 Å². The average molecular weight is 445 g/mol. The number of hydrogen-bond donors (Lipinski definition) is 2. The number of halogens is 2. The predicted octanol–water partition coefficient (Wildman–Crippen LogP) is 4.38. The lowest BCUT2D eigenvalue weighted by molar-refractivity contribution is 0.145. The third kappa shape index (κ3) is 6.55. The molecule has 3 N–H and O–H groups in total. The summed E-state index contributed by atoms with van der Waals surface area (Å²) in [5.74, 6) is 2.28. The van der Waals surface area contributed by atoms with Gasteiger partial charge < -0.3 is 10.5 Å². The van der Waals surface area contributed by atoms with Crippen molar-refractivity contribution in [3.8, 4) is 18.0 Å². The minimum atomic E-state index is -0.595. The molecule has 0 radical (unpaired) electrons. The van der Waals surface area contributed by atoms with Crippen molar-refractivity contribution in [2.24, 2.45) is 0 Å². The number of terminal acetylenes is 1. The molecule has 9 heteroatoms. The lowest BCUT2D eigenvalue weighted by Gasteiger charge is -2.08. The summed E-state index contributed by atoms with van der Waals surface area (Å²) < 4.78 is 6.02. The first kappa shape index (κ1) is 22.8. The van der Waals surface area contributed by atoms with Crippen LogP contribution in [-0.2, 0) is 4.74 Å². The molecular formula is C21H18Cl2N4O3. The van der Waals surface area contributed by atoms with Crippen LogP contribution in [0.15, 0.2) is 65.6 Å². The SMILES string of the molecule is C#CC(C)OC(=O)Nc1cccc(Cl)c1.Nc1cnn(-c2ccccc2)c(=O)c1Cl. The highest BCUT2D eigenvalue weighted by molar-refractivity contribution is 6.32. The lowest BCUT2D eigenvalue weighted by Crippen LogP contribution is -2.22. The number of amides is 1. The highest BCUT2D eigenvalue weighted by atomic mass is 35.5. The van der Waals surface area contributed by atoms with Crippen LogP contribution in [0.3, 0.4) is 0 Å². The molecule has 0 spiro atoms. The molecule has 0 fully saturated rings. The molecule has 1 amide bonds. The number of ether oxygens (including phenoxy) is 1. The average Bonchev–Trinajstić information content (AvgIpc) is 2.73. The first-order valence-corrected chi connectivity index (χ1v) is 9.35. The molecule has 0 aliphatic carbocycles. The van der Waals surface area contributed by atoms with E-state index in [9.17, 15) is 9.59 Å². The second kappa shape index (κ2) is 10.9. The Bertz CT molecular complexity index is 1110. The fourth-order valence-corrected chi connectivity index (χ4v) is 2.43. The van der Waals surface area contributed by atoms with Gasteiger partial charge in [-0.25, -0.2) is 4.79 Å². The number of aromatic nitrogens is 2. The fraction of sp³-hybridized carbons (Fsp3) is 0.0952. The molecule has 1 atom stereocenters. The first-order chi connectivity index (χ1) is 14.3. The van der Waals surface area contributed by atoms with Crippen molar-refractivity contribution in [1.82, 2.24) is 9.78 Å². The number of benzene rings is 2. The van der Waals surface area contributed by atoms with E-state index in [1.807, 2.05) is 18.2 Å². The Balaban J connectivity index is 0.000000214. The first-order valence-electron chi connectivity index (χ1n) is 8.60. The molecule has 2 aromatic carbocycles. The highest BCUT2D eigenvalue weighted by Gasteiger charge is 2.08. The maximum absolute atomic E-state index is 11.7. The third-order valence-electron chi connectivity index (χ3n) is 3.54. The number of nitrogens with zero attached hydrogens (tertiary/aromatic N) is 2. The Hall–Kier alpha value is -3.47. The quantitative estimate of drug-likeness (QED) is 0.583. The molecule has 30 heavy (non-hydrogen) atoms. The minimum absolute atomic E-state index is 0.00569. The van der Waals surface area contributed by atoms with E-state index in [1.54, 1.807) is 43.3 Å². The standard InChI is InChI=1S/C11H10ClNO2.C10H8ClN3O/c1-3-8(2)15-11(14)13-10-6-4-5-9(12)7-10;11-9-8(12)6-13-14(10(9)15)7-4-2-1-3-5-7/h1,4-8H,2H3,(H,13,14);1-6H,12H2. The molecule has 0 saturated carbocycles. The predicted molar refractivity (Wildman–Crippen MR) is 119 cm³/mol. The molecule has 1 heterocycles. The van der Waals surface area contributed by atoms with Gasteiger partial charge in [-0.1, -0.05) is 53.4 Å². The van der Waals surface area contributed by atoms with E-state index in [0.717, 1.165) is 0 Å². The van der Waals surface area contributed by atoms with Crippen LogP contribution in [0.2, 0.25) is 10.0 Å². The van der Waals surface area contributed by atoms with Crippen LogP contribution in [0.25, 0.3) is 5.69 Å². The Labute approximate surface area is 183 Å². The molecule has 3 aromatic rings. The molecule has 0 aliphatic heterocycles. The summed E-state index contributed by atoms with van der Waals surface area (Å²) in [5, 5.41) is 6.94. The van der Waals surface area contributed by atoms with E-state index in [-0.39, 0.29) is 10.7 Å². The lowest BCUT2D eigenvalue weighted by atomic mass is 10.3. The van der Waals surface area contributed by atoms with Crippen molar-refractivity contribution in [2.45, 2.75) is 13.0 Å². The van der Waals surface area contributed by atoms with Gasteiger partial charge >= 0.3 is 6.09 Å². The number of carbonyl (C=O) groups is 1. The summed E-state index contributed by atoms with van der Waals surface area (Å²) >= 11 is 11.5. The third-order valence-corrected chi connectivity index (χ3v) is 4.15. The number of rotatable bonds is 3. The number of carbonyl (C=O) groups excluding carboxylic acids is 1. The van der Waals surface area contributed by atoms with E-state index in [2.05, 4.69) is 16.3 Å². The molecule has 7 nitrogen and oxygen atoms in total. The zero-order chi connectivity index (χ0) is 22.1. The van der Waals surface area contributed by atoms with Crippen LogP contribution in [0.5, 0.6) is 0 Å². The second-order valence-corrected chi connectivity index (χ2v) is 6.63. The smallest absolute Gasteiger partial charge is 0.412 e. The maximum atomic E-state index is 11.7. The maximum Gasteiger partial charge on any atom is 0.412 e. The minimum Gasteiger partial charge on any atom is -0.433 e. The van der Waals surface area contributed by atoms with Gasteiger partial charge in [0.05, 0.1) is 17.6 Å². The Morgan fingerprint density at radius 2 is 1.93 bits per heavy atom. The summed E-state index contributed by atoms with van der Waals surface area (Å²) in [7, 11) is 0. The van der Waals surface area contributed by atoms with Gasteiger partial charge in [0.2, 0.25) is 0 Å². The van der Waals surface area contributed by atoms with Crippen molar-refractivity contribution in [3.63, 3.8) is 0 Å². The van der Waals surface area contributed by atoms with Gasteiger partial charge in [0.25, 0.3) is 5.56 Å². The molecule has 0 saturated heterocycles. The van der Waals surface area contributed by atoms with Crippen LogP contribution >= 0.6 is 23.2 Å². The summed E-state index contributed by atoms with van der Waals surface area (Å²) in [4.78, 5) is 22.9. The highest BCUT2D eigenvalue weighted by Crippen LogP contribution is 2.15. The molecule has 1 unspecified atom stereocenters. The number of nitrogens with one attached hydrogen (secondary N) is 1. The molecule has 1 aromatic heterocycles.